The molecule has 2 aromatic heterocycles. The lowest BCUT2D eigenvalue weighted by Gasteiger charge is -2.01. The number of aromatic nitrogens is 4. The van der Waals surface area contributed by atoms with Crippen molar-refractivity contribution in [1.82, 2.24) is 25.5 Å². The van der Waals surface area contributed by atoms with E-state index in [0.717, 1.165) is 10.8 Å². The van der Waals surface area contributed by atoms with E-state index in [-0.39, 0.29) is 11.9 Å². The van der Waals surface area contributed by atoms with Gasteiger partial charge >= 0.3 is 0 Å². The SMILES string of the molecule is CC(N)c1nc(C(=O)NCCc2ncn[nH]2)cs1. The van der Waals surface area contributed by atoms with Gasteiger partial charge in [0.05, 0.1) is 6.04 Å². The predicted octanol–water partition coefficient (Wildman–Crippen LogP) is 0.253. The average Bonchev–Trinajstić information content (AvgIpc) is 2.99. The summed E-state index contributed by atoms with van der Waals surface area (Å²) in [5.74, 6) is 0.544. The van der Waals surface area contributed by atoms with Crippen LogP contribution in [0.3, 0.4) is 0 Å². The fraction of sp³-hybridized carbons (Fsp3) is 0.400. The van der Waals surface area contributed by atoms with Crippen LogP contribution < -0.4 is 11.1 Å². The van der Waals surface area contributed by atoms with Crippen molar-refractivity contribution in [3.8, 4) is 0 Å². The summed E-state index contributed by atoms with van der Waals surface area (Å²) in [7, 11) is 0. The molecule has 0 aliphatic heterocycles. The summed E-state index contributed by atoms with van der Waals surface area (Å²) < 4.78 is 0. The minimum atomic E-state index is -0.197. The van der Waals surface area contributed by atoms with Crippen molar-refractivity contribution >= 4 is 17.2 Å². The van der Waals surface area contributed by atoms with Crippen LogP contribution in [-0.2, 0) is 6.42 Å². The second-order valence-corrected chi connectivity index (χ2v) is 4.69. The molecule has 1 atom stereocenters. The number of nitrogens with two attached hydrogens (primary N) is 1. The van der Waals surface area contributed by atoms with Crippen molar-refractivity contribution < 1.29 is 4.79 Å². The number of hydrogen-bond acceptors (Lipinski definition) is 6. The summed E-state index contributed by atoms with van der Waals surface area (Å²) in [6, 6.07) is -0.147. The van der Waals surface area contributed by atoms with Gasteiger partial charge in [0, 0.05) is 18.3 Å². The second-order valence-electron chi connectivity index (χ2n) is 3.80. The topological polar surface area (TPSA) is 110 Å². The molecule has 8 heteroatoms. The van der Waals surface area contributed by atoms with Crippen LogP contribution in [-0.4, -0.2) is 32.6 Å². The van der Waals surface area contributed by atoms with Gasteiger partial charge in [-0.3, -0.25) is 9.89 Å². The quantitative estimate of drug-likeness (QED) is 0.718. The molecule has 4 N–H and O–H groups in total. The zero-order valence-corrected chi connectivity index (χ0v) is 10.7. The van der Waals surface area contributed by atoms with Gasteiger partial charge in [-0.2, -0.15) is 5.10 Å². The van der Waals surface area contributed by atoms with Crippen LogP contribution in [0.2, 0.25) is 0 Å². The number of carbonyl (C=O) groups excluding carboxylic acids is 1. The Bertz CT molecular complexity index is 506. The summed E-state index contributed by atoms with van der Waals surface area (Å²) in [6.45, 7) is 2.32. The van der Waals surface area contributed by atoms with Gasteiger partial charge in [0.15, 0.2) is 0 Å². The van der Waals surface area contributed by atoms with Crippen LogP contribution in [0.5, 0.6) is 0 Å². The van der Waals surface area contributed by atoms with Gasteiger partial charge in [-0.25, -0.2) is 9.97 Å². The molecule has 0 aliphatic carbocycles. The standard InChI is InChI=1S/C10H14N6OS/c1-6(11)10-15-7(4-18-10)9(17)12-3-2-8-13-5-14-16-8/h4-6H,2-3,11H2,1H3,(H,12,17)(H,13,14,16). The molecule has 96 valence electrons. The molecule has 0 aromatic carbocycles. The van der Waals surface area contributed by atoms with Crippen LogP contribution in [0.25, 0.3) is 0 Å². The summed E-state index contributed by atoms with van der Waals surface area (Å²) in [5, 5.41) is 11.7. The molecular formula is C10H14N6OS. The first kappa shape index (κ1) is 12.7. The van der Waals surface area contributed by atoms with Gasteiger partial charge in [0.25, 0.3) is 5.91 Å². The number of H-pyrrole nitrogens is 1. The third-order valence-electron chi connectivity index (χ3n) is 2.26. The maximum Gasteiger partial charge on any atom is 0.270 e. The number of aromatic amines is 1. The normalized spacial score (nSPS) is 12.3. The molecule has 1 amide bonds. The molecule has 18 heavy (non-hydrogen) atoms. The largest absolute Gasteiger partial charge is 0.350 e. The van der Waals surface area contributed by atoms with E-state index in [1.807, 2.05) is 6.92 Å². The Morgan fingerprint density at radius 2 is 2.50 bits per heavy atom. The molecular weight excluding hydrogens is 252 g/mol. The van der Waals surface area contributed by atoms with Crippen LogP contribution in [0, 0.1) is 0 Å². The van der Waals surface area contributed by atoms with Crippen molar-refractivity contribution in [3.63, 3.8) is 0 Å². The first-order valence-electron chi connectivity index (χ1n) is 5.50. The smallest absolute Gasteiger partial charge is 0.270 e. The molecule has 0 saturated heterocycles. The van der Waals surface area contributed by atoms with Crippen LogP contribution in [0.15, 0.2) is 11.7 Å². The van der Waals surface area contributed by atoms with Gasteiger partial charge in [-0.15, -0.1) is 11.3 Å². The first-order chi connectivity index (χ1) is 8.66. The van der Waals surface area contributed by atoms with E-state index in [9.17, 15) is 4.79 Å². The minimum absolute atomic E-state index is 0.147. The minimum Gasteiger partial charge on any atom is -0.350 e. The molecule has 7 nitrogen and oxygen atoms in total. The molecule has 0 aliphatic rings. The number of nitrogens with zero attached hydrogens (tertiary/aromatic N) is 3. The third-order valence-corrected chi connectivity index (χ3v) is 3.30. The zero-order chi connectivity index (χ0) is 13.0. The van der Waals surface area contributed by atoms with E-state index in [2.05, 4.69) is 25.5 Å². The van der Waals surface area contributed by atoms with Crippen molar-refractivity contribution in [2.24, 2.45) is 5.73 Å². The van der Waals surface area contributed by atoms with Crippen LogP contribution in [0.1, 0.15) is 34.3 Å². The molecule has 0 bridgehead atoms. The molecule has 0 saturated carbocycles. The molecule has 2 heterocycles. The third kappa shape index (κ3) is 3.11. The van der Waals surface area contributed by atoms with Crippen molar-refractivity contribution in [1.29, 1.82) is 0 Å². The highest BCUT2D eigenvalue weighted by Gasteiger charge is 2.12. The Morgan fingerprint density at radius 1 is 1.67 bits per heavy atom. The van der Waals surface area contributed by atoms with Gasteiger partial charge in [-0.05, 0) is 6.92 Å². The highest BCUT2D eigenvalue weighted by Crippen LogP contribution is 2.15. The Kier molecular flexibility index (Phi) is 4.00. The highest BCUT2D eigenvalue weighted by molar-refractivity contribution is 7.09. The van der Waals surface area contributed by atoms with Crippen LogP contribution in [0.4, 0.5) is 0 Å². The van der Waals surface area contributed by atoms with E-state index < -0.39 is 0 Å². The number of amides is 1. The van der Waals surface area contributed by atoms with Crippen molar-refractivity contribution in [2.45, 2.75) is 19.4 Å². The number of nitrogens with one attached hydrogen (secondary N) is 2. The van der Waals surface area contributed by atoms with E-state index in [4.69, 9.17) is 5.73 Å². The molecule has 2 rings (SSSR count). The van der Waals surface area contributed by atoms with E-state index >= 15 is 0 Å². The number of rotatable bonds is 5. The summed E-state index contributed by atoms with van der Waals surface area (Å²) in [6.07, 6.45) is 2.04. The van der Waals surface area contributed by atoms with Gasteiger partial charge in [0.1, 0.15) is 22.9 Å². The van der Waals surface area contributed by atoms with Gasteiger partial charge < -0.3 is 11.1 Å². The molecule has 0 fully saturated rings. The number of thiazole rings is 1. The number of carbonyl (C=O) groups is 1. The lowest BCUT2D eigenvalue weighted by atomic mass is 10.3. The second kappa shape index (κ2) is 5.69. The Hall–Kier alpha value is -1.80. The first-order valence-corrected chi connectivity index (χ1v) is 6.38. The number of hydrogen-bond donors (Lipinski definition) is 3. The fourth-order valence-corrected chi connectivity index (χ4v) is 2.10. The van der Waals surface area contributed by atoms with Gasteiger partial charge in [0.2, 0.25) is 0 Å². The lowest BCUT2D eigenvalue weighted by molar-refractivity contribution is 0.0949. The summed E-state index contributed by atoms with van der Waals surface area (Å²) in [5.41, 5.74) is 6.10. The maximum absolute atomic E-state index is 11.8. The van der Waals surface area contributed by atoms with Crippen LogP contribution >= 0.6 is 11.3 Å². The van der Waals surface area contributed by atoms with Crippen molar-refractivity contribution in [3.05, 3.63) is 28.2 Å². The summed E-state index contributed by atoms with van der Waals surface area (Å²) >= 11 is 1.39. The highest BCUT2D eigenvalue weighted by atomic mass is 32.1. The molecule has 1 unspecified atom stereocenters. The van der Waals surface area contributed by atoms with E-state index in [0.29, 0.717) is 18.7 Å². The Balaban J connectivity index is 1.83. The van der Waals surface area contributed by atoms with Crippen molar-refractivity contribution in [2.75, 3.05) is 6.54 Å². The average molecular weight is 266 g/mol. The fourth-order valence-electron chi connectivity index (χ4n) is 1.34. The zero-order valence-electron chi connectivity index (χ0n) is 9.88. The monoisotopic (exact) mass is 266 g/mol. The Labute approximate surface area is 108 Å². The lowest BCUT2D eigenvalue weighted by Crippen LogP contribution is -2.26. The predicted molar refractivity (Wildman–Crippen MR) is 67.1 cm³/mol. The molecule has 0 radical (unpaired) electrons. The van der Waals surface area contributed by atoms with E-state index in [1.165, 1.54) is 17.7 Å². The maximum atomic E-state index is 11.8. The molecule has 2 aromatic rings. The van der Waals surface area contributed by atoms with Gasteiger partial charge in [-0.1, -0.05) is 0 Å². The van der Waals surface area contributed by atoms with E-state index in [1.54, 1.807) is 5.38 Å². The molecule has 0 spiro atoms. The Morgan fingerprint density at radius 3 is 3.11 bits per heavy atom. The summed E-state index contributed by atoms with van der Waals surface area (Å²) in [4.78, 5) is 19.9.